The highest BCUT2D eigenvalue weighted by Crippen LogP contribution is 2.29. The van der Waals surface area contributed by atoms with Crippen LogP contribution in [0, 0.1) is 0 Å². The van der Waals surface area contributed by atoms with Gasteiger partial charge in [0.05, 0.1) is 32.0 Å². The van der Waals surface area contributed by atoms with Crippen molar-refractivity contribution in [1.82, 2.24) is 0 Å². The highest BCUT2D eigenvalue weighted by atomic mass is 35.5. The van der Waals surface area contributed by atoms with Crippen LogP contribution >= 0.6 is 11.6 Å². The number of carbonyl (C=O) groups is 1. The van der Waals surface area contributed by atoms with Crippen molar-refractivity contribution < 1.29 is 19.0 Å². The third-order valence-corrected chi connectivity index (χ3v) is 3.81. The van der Waals surface area contributed by atoms with Crippen LogP contribution in [0.4, 0.5) is 11.4 Å². The van der Waals surface area contributed by atoms with E-state index < -0.39 is 0 Å². The molecule has 1 amide bonds. The van der Waals surface area contributed by atoms with Crippen molar-refractivity contribution in [2.75, 3.05) is 38.5 Å². The van der Waals surface area contributed by atoms with Crippen LogP contribution in [0.5, 0.6) is 17.2 Å². The predicted octanol–water partition coefficient (Wildman–Crippen LogP) is 3.81. The molecule has 2 aromatic carbocycles. The van der Waals surface area contributed by atoms with Crippen LogP contribution in [-0.2, 0) is 4.79 Å². The van der Waals surface area contributed by atoms with Gasteiger partial charge < -0.3 is 24.8 Å². The van der Waals surface area contributed by atoms with Gasteiger partial charge in [0.2, 0.25) is 5.91 Å². The maximum Gasteiger partial charge on any atom is 0.226 e. The lowest BCUT2D eigenvalue weighted by atomic mass is 10.2. The molecule has 0 aliphatic carbocycles. The van der Waals surface area contributed by atoms with Crippen LogP contribution in [0.2, 0.25) is 5.02 Å². The summed E-state index contributed by atoms with van der Waals surface area (Å²) in [5.74, 6) is 1.82. The Morgan fingerprint density at radius 1 is 1.00 bits per heavy atom. The minimum atomic E-state index is -0.129. The van der Waals surface area contributed by atoms with Gasteiger partial charge >= 0.3 is 0 Å². The van der Waals surface area contributed by atoms with Crippen molar-refractivity contribution in [2.45, 2.75) is 6.42 Å². The molecule has 0 fully saturated rings. The zero-order valence-electron chi connectivity index (χ0n) is 14.4. The number of rotatable bonds is 8. The van der Waals surface area contributed by atoms with Gasteiger partial charge in [0, 0.05) is 24.7 Å². The van der Waals surface area contributed by atoms with Gasteiger partial charge in [-0.3, -0.25) is 4.79 Å². The number of hydrogen-bond acceptors (Lipinski definition) is 5. The molecule has 0 unspecified atom stereocenters. The molecule has 0 heterocycles. The number of amides is 1. The third-order valence-electron chi connectivity index (χ3n) is 3.51. The summed E-state index contributed by atoms with van der Waals surface area (Å²) in [5.41, 5.74) is 1.39. The number of ether oxygens (including phenoxy) is 3. The van der Waals surface area contributed by atoms with Crippen LogP contribution < -0.4 is 24.8 Å². The van der Waals surface area contributed by atoms with Gasteiger partial charge in [-0.1, -0.05) is 11.6 Å². The van der Waals surface area contributed by atoms with Crippen molar-refractivity contribution in [3.63, 3.8) is 0 Å². The summed E-state index contributed by atoms with van der Waals surface area (Å²) in [6, 6.07) is 10.5. The van der Waals surface area contributed by atoms with E-state index in [0.29, 0.717) is 34.5 Å². The van der Waals surface area contributed by atoms with Gasteiger partial charge in [0.15, 0.2) is 0 Å². The predicted molar refractivity (Wildman–Crippen MR) is 99.3 cm³/mol. The molecule has 2 rings (SSSR count). The molecule has 0 aliphatic rings. The Hall–Kier alpha value is -2.60. The van der Waals surface area contributed by atoms with Crippen LogP contribution in [0.15, 0.2) is 36.4 Å². The lowest BCUT2D eigenvalue weighted by Gasteiger charge is -2.13. The second-order valence-electron chi connectivity index (χ2n) is 5.14. The number of anilines is 2. The highest BCUT2D eigenvalue weighted by molar-refractivity contribution is 6.32. The van der Waals surface area contributed by atoms with Crippen molar-refractivity contribution in [2.24, 2.45) is 0 Å². The van der Waals surface area contributed by atoms with Crippen molar-refractivity contribution in [3.8, 4) is 17.2 Å². The minimum absolute atomic E-state index is 0.129. The molecule has 7 heteroatoms. The Bertz CT molecular complexity index is 737. The molecule has 0 atom stereocenters. The second kappa shape index (κ2) is 9.03. The van der Waals surface area contributed by atoms with E-state index in [1.165, 1.54) is 7.11 Å². The number of halogens is 1. The Morgan fingerprint density at radius 2 is 1.72 bits per heavy atom. The van der Waals surface area contributed by atoms with Crippen molar-refractivity contribution in [3.05, 3.63) is 41.4 Å². The minimum Gasteiger partial charge on any atom is -0.497 e. The first-order valence-corrected chi connectivity index (χ1v) is 8.04. The molecule has 25 heavy (non-hydrogen) atoms. The van der Waals surface area contributed by atoms with E-state index in [4.69, 9.17) is 25.8 Å². The quantitative estimate of drug-likeness (QED) is 0.745. The number of hydrogen-bond donors (Lipinski definition) is 2. The van der Waals surface area contributed by atoms with E-state index in [-0.39, 0.29) is 12.3 Å². The Morgan fingerprint density at radius 3 is 2.36 bits per heavy atom. The van der Waals surface area contributed by atoms with E-state index in [2.05, 4.69) is 10.6 Å². The average molecular weight is 365 g/mol. The molecular formula is C18H21ClN2O4. The van der Waals surface area contributed by atoms with E-state index >= 15 is 0 Å². The van der Waals surface area contributed by atoms with Crippen LogP contribution in [0.25, 0.3) is 0 Å². The summed E-state index contributed by atoms with van der Waals surface area (Å²) in [4.78, 5) is 12.1. The first-order chi connectivity index (χ1) is 12.1. The third kappa shape index (κ3) is 5.19. The average Bonchev–Trinajstić information content (AvgIpc) is 2.61. The maximum absolute atomic E-state index is 12.1. The largest absolute Gasteiger partial charge is 0.497 e. The standard InChI is InChI=1S/C18H21ClN2O4/c1-23-13-5-7-17(25-3)15(11-13)20-9-8-18(22)21-12-4-6-16(24-2)14(19)10-12/h4-7,10-11,20H,8-9H2,1-3H3,(H,21,22). The molecule has 0 saturated heterocycles. The molecule has 0 spiro atoms. The van der Waals surface area contributed by atoms with Crippen molar-refractivity contribution >= 4 is 28.9 Å². The molecule has 134 valence electrons. The fourth-order valence-electron chi connectivity index (χ4n) is 2.23. The van der Waals surface area contributed by atoms with Crippen LogP contribution in [0.1, 0.15) is 6.42 Å². The molecule has 0 bridgehead atoms. The first-order valence-electron chi connectivity index (χ1n) is 7.66. The first kappa shape index (κ1) is 18.7. The molecule has 6 nitrogen and oxygen atoms in total. The normalized spacial score (nSPS) is 10.1. The topological polar surface area (TPSA) is 68.8 Å². The summed E-state index contributed by atoms with van der Waals surface area (Å²) in [6.45, 7) is 0.444. The zero-order valence-corrected chi connectivity index (χ0v) is 15.1. The molecule has 0 aliphatic heterocycles. The van der Waals surface area contributed by atoms with Gasteiger partial charge in [-0.05, 0) is 30.3 Å². The SMILES string of the molecule is COc1ccc(OC)c(NCCC(=O)Nc2ccc(OC)c(Cl)c2)c1. The maximum atomic E-state index is 12.1. The van der Waals surface area contributed by atoms with Gasteiger partial charge in [-0.25, -0.2) is 0 Å². The van der Waals surface area contributed by atoms with Crippen LogP contribution in [0.3, 0.4) is 0 Å². The van der Waals surface area contributed by atoms with Gasteiger partial charge in [-0.15, -0.1) is 0 Å². The molecule has 2 aromatic rings. The van der Waals surface area contributed by atoms with E-state index in [0.717, 1.165) is 5.69 Å². The van der Waals surface area contributed by atoms with Gasteiger partial charge in [-0.2, -0.15) is 0 Å². The van der Waals surface area contributed by atoms with E-state index in [9.17, 15) is 4.79 Å². The van der Waals surface area contributed by atoms with E-state index in [1.54, 1.807) is 38.5 Å². The summed E-state index contributed by atoms with van der Waals surface area (Å²) in [5, 5.41) is 6.41. The summed E-state index contributed by atoms with van der Waals surface area (Å²) >= 11 is 6.04. The van der Waals surface area contributed by atoms with Crippen LogP contribution in [-0.4, -0.2) is 33.8 Å². The molecular weight excluding hydrogens is 344 g/mol. The molecule has 2 N–H and O–H groups in total. The zero-order chi connectivity index (χ0) is 18.2. The molecule has 0 aromatic heterocycles. The van der Waals surface area contributed by atoms with Gasteiger partial charge in [0.1, 0.15) is 17.2 Å². The lowest BCUT2D eigenvalue weighted by Crippen LogP contribution is -2.16. The van der Waals surface area contributed by atoms with E-state index in [1.807, 2.05) is 12.1 Å². The number of nitrogens with one attached hydrogen (secondary N) is 2. The Labute approximate surface area is 152 Å². The highest BCUT2D eigenvalue weighted by Gasteiger charge is 2.08. The lowest BCUT2D eigenvalue weighted by molar-refractivity contribution is -0.115. The second-order valence-corrected chi connectivity index (χ2v) is 5.55. The monoisotopic (exact) mass is 364 g/mol. The molecule has 0 radical (unpaired) electrons. The fourth-order valence-corrected chi connectivity index (χ4v) is 2.49. The summed E-state index contributed by atoms with van der Waals surface area (Å²) in [6.07, 6.45) is 0.282. The van der Waals surface area contributed by atoms with Gasteiger partial charge in [0.25, 0.3) is 0 Å². The smallest absolute Gasteiger partial charge is 0.226 e. The number of methoxy groups -OCH3 is 3. The number of benzene rings is 2. The molecule has 0 saturated carbocycles. The fraction of sp³-hybridized carbons (Fsp3) is 0.278. The Balaban J connectivity index is 1.89. The Kier molecular flexibility index (Phi) is 6.77. The summed E-state index contributed by atoms with van der Waals surface area (Å²) in [7, 11) is 4.73. The van der Waals surface area contributed by atoms with Crippen molar-refractivity contribution in [1.29, 1.82) is 0 Å². The summed E-state index contributed by atoms with van der Waals surface area (Å²) < 4.78 is 15.6. The number of carbonyl (C=O) groups excluding carboxylic acids is 1.